The summed E-state index contributed by atoms with van der Waals surface area (Å²) in [4.78, 5) is 0. The van der Waals surface area contributed by atoms with Gasteiger partial charge in [-0.15, -0.1) is 22.7 Å². The molecule has 0 atom stereocenters. The standard InChI is InChI=1S/C46H25NS2/c1-2-13-29-27(11-1)28-12-3-4-14-30(28)36-25-26(21-22-31(29)36)47-37-18-8-5-15-32(37)41-35-23-24-40-42(33-16-6-9-19-38(33)48-40)43(35)44-34-17-7-10-20-39(34)49-46(44)45(41)47/h1-25H. The lowest BCUT2D eigenvalue weighted by molar-refractivity contribution is 1.19. The molecule has 12 rings (SSSR count). The number of nitrogens with zero attached hydrogens (tertiary/aromatic N) is 1. The number of hydrogen-bond donors (Lipinski definition) is 0. The van der Waals surface area contributed by atoms with Crippen molar-refractivity contribution >= 4 is 128 Å². The summed E-state index contributed by atoms with van der Waals surface area (Å²) in [5.74, 6) is 0. The van der Waals surface area contributed by atoms with Crippen molar-refractivity contribution < 1.29 is 0 Å². The number of benzene rings is 9. The molecule has 12 aromatic rings. The first-order chi connectivity index (χ1) is 24.3. The van der Waals surface area contributed by atoms with Gasteiger partial charge in [0.25, 0.3) is 0 Å². The van der Waals surface area contributed by atoms with Crippen molar-refractivity contribution in [1.82, 2.24) is 4.57 Å². The predicted molar refractivity (Wildman–Crippen MR) is 217 cm³/mol. The normalized spacial score (nSPS) is 12.5. The van der Waals surface area contributed by atoms with E-state index in [2.05, 4.69) is 156 Å². The summed E-state index contributed by atoms with van der Waals surface area (Å²) in [6.45, 7) is 0. The molecule has 226 valence electrons. The second kappa shape index (κ2) is 9.45. The fraction of sp³-hybridized carbons (Fsp3) is 0. The maximum absolute atomic E-state index is 2.56. The largest absolute Gasteiger partial charge is 0.308 e. The van der Waals surface area contributed by atoms with Crippen LogP contribution in [-0.4, -0.2) is 4.57 Å². The van der Waals surface area contributed by atoms with E-state index in [-0.39, 0.29) is 0 Å². The van der Waals surface area contributed by atoms with Crippen molar-refractivity contribution in [3.8, 4) is 5.69 Å². The zero-order valence-electron chi connectivity index (χ0n) is 26.2. The minimum Gasteiger partial charge on any atom is -0.308 e. The first kappa shape index (κ1) is 26.2. The molecule has 0 unspecified atom stereocenters. The molecule has 3 heteroatoms. The Hall–Kier alpha value is -5.74. The number of rotatable bonds is 1. The third-order valence-electron chi connectivity index (χ3n) is 10.7. The van der Waals surface area contributed by atoms with Crippen LogP contribution >= 0.6 is 22.7 Å². The monoisotopic (exact) mass is 655 g/mol. The Morgan fingerprint density at radius 1 is 0.327 bits per heavy atom. The lowest BCUT2D eigenvalue weighted by atomic mass is 9.94. The maximum Gasteiger partial charge on any atom is 0.0726 e. The molecule has 49 heavy (non-hydrogen) atoms. The summed E-state index contributed by atoms with van der Waals surface area (Å²) in [5.41, 5.74) is 3.73. The average molecular weight is 656 g/mol. The van der Waals surface area contributed by atoms with Crippen LogP contribution in [0.1, 0.15) is 0 Å². The van der Waals surface area contributed by atoms with Crippen LogP contribution in [-0.2, 0) is 0 Å². The third kappa shape index (κ3) is 3.34. The van der Waals surface area contributed by atoms with Crippen molar-refractivity contribution in [3.05, 3.63) is 152 Å². The molecule has 0 aliphatic carbocycles. The summed E-state index contributed by atoms with van der Waals surface area (Å²) >= 11 is 3.84. The van der Waals surface area contributed by atoms with Crippen LogP contribution in [0, 0.1) is 0 Å². The van der Waals surface area contributed by atoms with Crippen molar-refractivity contribution in [3.63, 3.8) is 0 Å². The van der Waals surface area contributed by atoms with Crippen molar-refractivity contribution in [1.29, 1.82) is 0 Å². The molecule has 0 aliphatic rings. The van der Waals surface area contributed by atoms with Gasteiger partial charge in [0.05, 0.1) is 15.7 Å². The van der Waals surface area contributed by atoms with E-state index >= 15 is 0 Å². The molecule has 3 aromatic heterocycles. The highest BCUT2D eigenvalue weighted by Gasteiger charge is 2.24. The van der Waals surface area contributed by atoms with E-state index in [1.165, 1.54) is 111 Å². The first-order valence-corrected chi connectivity index (χ1v) is 18.4. The van der Waals surface area contributed by atoms with Crippen LogP contribution in [0.5, 0.6) is 0 Å². The lowest BCUT2D eigenvalue weighted by Crippen LogP contribution is -1.95. The minimum atomic E-state index is 1.19. The highest BCUT2D eigenvalue weighted by Crippen LogP contribution is 2.51. The van der Waals surface area contributed by atoms with Gasteiger partial charge in [0.1, 0.15) is 0 Å². The molecular formula is C46H25NS2. The quantitative estimate of drug-likeness (QED) is 0.155. The lowest BCUT2D eigenvalue weighted by Gasteiger charge is -2.14. The van der Waals surface area contributed by atoms with E-state index < -0.39 is 0 Å². The van der Waals surface area contributed by atoms with Gasteiger partial charge in [-0.1, -0.05) is 115 Å². The van der Waals surface area contributed by atoms with Gasteiger partial charge in [-0.3, -0.25) is 0 Å². The van der Waals surface area contributed by atoms with Crippen molar-refractivity contribution in [2.45, 2.75) is 0 Å². The van der Waals surface area contributed by atoms with Crippen LogP contribution < -0.4 is 0 Å². The van der Waals surface area contributed by atoms with Crippen LogP contribution in [0.3, 0.4) is 0 Å². The molecular weight excluding hydrogens is 631 g/mol. The Labute approximate surface area is 288 Å². The van der Waals surface area contributed by atoms with E-state index in [9.17, 15) is 0 Å². The Kier molecular flexibility index (Phi) is 5.06. The second-order valence-electron chi connectivity index (χ2n) is 13.2. The van der Waals surface area contributed by atoms with Gasteiger partial charge >= 0.3 is 0 Å². The summed E-state index contributed by atoms with van der Waals surface area (Å²) < 4.78 is 7.93. The van der Waals surface area contributed by atoms with Gasteiger partial charge in [-0.2, -0.15) is 0 Å². The summed E-state index contributed by atoms with van der Waals surface area (Å²) in [6, 6.07) is 56.6. The van der Waals surface area contributed by atoms with Gasteiger partial charge < -0.3 is 4.57 Å². The van der Waals surface area contributed by atoms with Gasteiger partial charge in [0.2, 0.25) is 0 Å². The number of fused-ring (bicyclic) bond motifs is 20. The topological polar surface area (TPSA) is 4.93 Å². The molecule has 0 N–H and O–H groups in total. The van der Waals surface area contributed by atoms with E-state index in [1.807, 2.05) is 22.7 Å². The molecule has 0 spiro atoms. The third-order valence-corrected chi connectivity index (χ3v) is 13.0. The van der Waals surface area contributed by atoms with Crippen LogP contribution in [0.15, 0.2) is 152 Å². The molecule has 0 bridgehead atoms. The van der Waals surface area contributed by atoms with Crippen LogP contribution in [0.25, 0.3) is 111 Å². The van der Waals surface area contributed by atoms with Gasteiger partial charge in [0, 0.05) is 57.5 Å². The summed E-state index contributed by atoms with van der Waals surface area (Å²) in [5, 5.41) is 18.6. The summed E-state index contributed by atoms with van der Waals surface area (Å²) in [7, 11) is 0. The Morgan fingerprint density at radius 2 is 0.857 bits per heavy atom. The van der Waals surface area contributed by atoms with Crippen molar-refractivity contribution in [2.24, 2.45) is 0 Å². The number of thiophene rings is 2. The zero-order chi connectivity index (χ0) is 31.8. The highest BCUT2D eigenvalue weighted by molar-refractivity contribution is 7.27. The average Bonchev–Trinajstić information content (AvgIpc) is 3.85. The first-order valence-electron chi connectivity index (χ1n) is 16.8. The SMILES string of the molecule is c1ccc2c(c1)sc1ccc3c(c12)c1c2ccccc2sc1c1c3c2ccccc2n1-c1ccc2c3ccccc3c3ccccc3c2c1. The van der Waals surface area contributed by atoms with Gasteiger partial charge in [-0.25, -0.2) is 0 Å². The molecule has 0 saturated carbocycles. The van der Waals surface area contributed by atoms with Gasteiger partial charge in [-0.05, 0) is 74.1 Å². The highest BCUT2D eigenvalue weighted by atomic mass is 32.1. The number of hydrogen-bond acceptors (Lipinski definition) is 2. The fourth-order valence-corrected chi connectivity index (χ4v) is 11.1. The molecule has 3 heterocycles. The van der Waals surface area contributed by atoms with Crippen LogP contribution in [0.4, 0.5) is 0 Å². The van der Waals surface area contributed by atoms with Crippen molar-refractivity contribution in [2.75, 3.05) is 0 Å². The number of para-hydroxylation sites is 1. The second-order valence-corrected chi connectivity index (χ2v) is 15.3. The maximum atomic E-state index is 2.56. The fourth-order valence-electron chi connectivity index (χ4n) is 8.78. The van der Waals surface area contributed by atoms with E-state index in [4.69, 9.17) is 0 Å². The molecule has 0 aliphatic heterocycles. The van der Waals surface area contributed by atoms with E-state index in [0.29, 0.717) is 0 Å². The molecule has 0 fully saturated rings. The Bertz CT molecular complexity index is 3360. The molecule has 0 amide bonds. The Morgan fingerprint density at radius 3 is 1.57 bits per heavy atom. The van der Waals surface area contributed by atoms with E-state index in [0.717, 1.165) is 0 Å². The smallest absolute Gasteiger partial charge is 0.0726 e. The molecule has 0 saturated heterocycles. The van der Waals surface area contributed by atoms with Crippen LogP contribution in [0.2, 0.25) is 0 Å². The Balaban J connectivity index is 1.33. The minimum absolute atomic E-state index is 1.19. The molecule has 1 nitrogen and oxygen atoms in total. The predicted octanol–water partition coefficient (Wildman–Crippen LogP) is 14.1. The summed E-state index contributed by atoms with van der Waals surface area (Å²) in [6.07, 6.45) is 0. The zero-order valence-corrected chi connectivity index (χ0v) is 27.8. The van der Waals surface area contributed by atoms with Gasteiger partial charge in [0.15, 0.2) is 0 Å². The van der Waals surface area contributed by atoms with E-state index in [1.54, 1.807) is 0 Å². The molecule has 0 radical (unpaired) electrons. The number of aromatic nitrogens is 1. The molecule has 9 aromatic carbocycles.